The van der Waals surface area contributed by atoms with Crippen molar-refractivity contribution in [1.29, 1.82) is 0 Å². The molecule has 2 bridgehead atoms. The summed E-state index contributed by atoms with van der Waals surface area (Å²) in [6.45, 7) is 0.977. The first-order valence-corrected chi connectivity index (χ1v) is 7.27. The lowest BCUT2D eigenvalue weighted by atomic mass is 9.51. The lowest BCUT2D eigenvalue weighted by molar-refractivity contribution is -0.0599. The van der Waals surface area contributed by atoms with Crippen LogP contribution >= 0.6 is 0 Å². The molecule has 96 valence electrons. The number of benzene rings is 1. The summed E-state index contributed by atoms with van der Waals surface area (Å²) in [7, 11) is 0. The Bertz CT molecular complexity index is 482. The van der Waals surface area contributed by atoms with E-state index in [4.69, 9.17) is 0 Å². The Morgan fingerprint density at radius 2 is 1.94 bits per heavy atom. The molecule has 2 aliphatic carbocycles. The van der Waals surface area contributed by atoms with Crippen LogP contribution in [0.3, 0.4) is 0 Å². The van der Waals surface area contributed by atoms with Crippen molar-refractivity contribution in [3.05, 3.63) is 35.4 Å². The van der Waals surface area contributed by atoms with Crippen LogP contribution in [-0.4, -0.2) is 18.3 Å². The molecule has 3 atom stereocenters. The summed E-state index contributed by atoms with van der Waals surface area (Å²) in [6, 6.07) is 8.62. The van der Waals surface area contributed by atoms with Gasteiger partial charge in [0.1, 0.15) is 5.67 Å². The molecular formula is C16H20FN. The van der Waals surface area contributed by atoms with Crippen molar-refractivity contribution in [2.24, 2.45) is 0 Å². The molecule has 4 rings (SSSR count). The molecule has 1 saturated carbocycles. The predicted molar refractivity (Wildman–Crippen MR) is 70.5 cm³/mol. The number of fused-ring (bicyclic) bond motifs is 1. The molecule has 0 aromatic heterocycles. The van der Waals surface area contributed by atoms with Crippen LogP contribution in [0.1, 0.15) is 43.2 Å². The molecule has 2 fully saturated rings. The molecule has 0 spiro atoms. The maximum absolute atomic E-state index is 15.7. The second kappa shape index (κ2) is 3.57. The van der Waals surface area contributed by atoms with Crippen molar-refractivity contribution < 1.29 is 4.39 Å². The molecule has 1 heterocycles. The van der Waals surface area contributed by atoms with Gasteiger partial charge in [-0.05, 0) is 43.4 Å². The Kier molecular flexibility index (Phi) is 2.18. The average molecular weight is 245 g/mol. The Morgan fingerprint density at radius 3 is 2.89 bits per heavy atom. The van der Waals surface area contributed by atoms with E-state index in [2.05, 4.69) is 29.6 Å². The van der Waals surface area contributed by atoms with E-state index in [1.807, 2.05) is 0 Å². The number of hydrogen-bond donors (Lipinski definition) is 1. The fourth-order valence-corrected chi connectivity index (χ4v) is 4.83. The van der Waals surface area contributed by atoms with Crippen molar-refractivity contribution in [3.8, 4) is 0 Å². The van der Waals surface area contributed by atoms with E-state index in [1.165, 1.54) is 17.5 Å². The minimum absolute atomic E-state index is 0.0430. The summed E-state index contributed by atoms with van der Waals surface area (Å²) in [5.74, 6) is 0. The Hall–Kier alpha value is -0.890. The van der Waals surface area contributed by atoms with Gasteiger partial charge in [0.15, 0.2) is 0 Å². The van der Waals surface area contributed by atoms with E-state index in [-0.39, 0.29) is 11.5 Å². The van der Waals surface area contributed by atoms with Crippen LogP contribution in [0.15, 0.2) is 24.3 Å². The third-order valence-electron chi connectivity index (χ3n) is 5.64. The molecule has 1 saturated heterocycles. The second-order valence-electron chi connectivity index (χ2n) is 6.27. The summed E-state index contributed by atoms with van der Waals surface area (Å²) in [5, 5.41) is 3.45. The van der Waals surface area contributed by atoms with Crippen LogP contribution in [0.4, 0.5) is 4.39 Å². The number of hydrogen-bond acceptors (Lipinski definition) is 1. The minimum atomic E-state index is -1.00. The van der Waals surface area contributed by atoms with Crippen molar-refractivity contribution in [1.82, 2.24) is 5.32 Å². The van der Waals surface area contributed by atoms with Gasteiger partial charge in [0.05, 0.1) is 0 Å². The molecule has 1 aliphatic heterocycles. The maximum atomic E-state index is 15.7. The molecule has 18 heavy (non-hydrogen) atoms. The van der Waals surface area contributed by atoms with Gasteiger partial charge in [-0.2, -0.15) is 0 Å². The summed E-state index contributed by atoms with van der Waals surface area (Å²) in [6.07, 6.45) is 5.87. The molecule has 1 nitrogen and oxygen atoms in total. The fraction of sp³-hybridized carbons (Fsp3) is 0.625. The van der Waals surface area contributed by atoms with E-state index in [9.17, 15) is 0 Å². The van der Waals surface area contributed by atoms with Gasteiger partial charge in [0.2, 0.25) is 0 Å². The van der Waals surface area contributed by atoms with Crippen LogP contribution in [0, 0.1) is 0 Å². The number of halogens is 1. The highest BCUT2D eigenvalue weighted by Gasteiger charge is 2.62. The average Bonchev–Trinajstić information content (AvgIpc) is 2.38. The molecule has 3 aliphatic rings. The largest absolute Gasteiger partial charge is 0.311 e. The zero-order chi connectivity index (χ0) is 12.2. The molecule has 1 aromatic carbocycles. The van der Waals surface area contributed by atoms with Gasteiger partial charge in [-0.3, -0.25) is 0 Å². The van der Waals surface area contributed by atoms with Crippen LogP contribution in [0.25, 0.3) is 0 Å². The molecule has 0 unspecified atom stereocenters. The highest BCUT2D eigenvalue weighted by atomic mass is 19.1. The van der Waals surface area contributed by atoms with Gasteiger partial charge in [-0.25, -0.2) is 4.39 Å². The first-order chi connectivity index (χ1) is 8.76. The molecule has 1 aromatic rings. The molecule has 2 heteroatoms. The van der Waals surface area contributed by atoms with Crippen LogP contribution in [0.5, 0.6) is 0 Å². The maximum Gasteiger partial charge on any atom is 0.136 e. The van der Waals surface area contributed by atoms with Crippen molar-refractivity contribution in [2.45, 2.75) is 55.7 Å². The van der Waals surface area contributed by atoms with Gasteiger partial charge in [0, 0.05) is 11.5 Å². The lowest BCUT2D eigenvalue weighted by Gasteiger charge is -2.59. The van der Waals surface area contributed by atoms with Crippen LogP contribution < -0.4 is 5.32 Å². The zero-order valence-electron chi connectivity index (χ0n) is 10.7. The highest BCUT2D eigenvalue weighted by molar-refractivity contribution is 5.44. The summed E-state index contributed by atoms with van der Waals surface area (Å²) in [5.41, 5.74) is 1.52. The smallest absolute Gasteiger partial charge is 0.136 e. The summed E-state index contributed by atoms with van der Waals surface area (Å²) in [4.78, 5) is 0. The van der Waals surface area contributed by atoms with Crippen molar-refractivity contribution in [3.63, 3.8) is 0 Å². The normalized spacial score (nSPS) is 41.9. The molecular weight excluding hydrogens is 225 g/mol. The summed E-state index contributed by atoms with van der Waals surface area (Å²) < 4.78 is 15.7. The molecule has 0 amide bonds. The zero-order valence-corrected chi connectivity index (χ0v) is 10.7. The van der Waals surface area contributed by atoms with Gasteiger partial charge in [-0.15, -0.1) is 0 Å². The topological polar surface area (TPSA) is 12.0 Å². The number of piperidine rings is 1. The van der Waals surface area contributed by atoms with Gasteiger partial charge in [0.25, 0.3) is 0 Å². The Labute approximate surface area is 108 Å². The first kappa shape index (κ1) is 11.0. The van der Waals surface area contributed by atoms with Crippen LogP contribution in [0.2, 0.25) is 0 Å². The Balaban J connectivity index is 1.96. The van der Waals surface area contributed by atoms with E-state index >= 15 is 4.39 Å². The van der Waals surface area contributed by atoms with Crippen molar-refractivity contribution >= 4 is 0 Å². The molecule has 1 N–H and O–H groups in total. The van der Waals surface area contributed by atoms with E-state index in [1.54, 1.807) is 0 Å². The van der Waals surface area contributed by atoms with Gasteiger partial charge < -0.3 is 5.32 Å². The lowest BCUT2D eigenvalue weighted by Crippen LogP contribution is -2.69. The summed E-state index contributed by atoms with van der Waals surface area (Å²) >= 11 is 0. The van der Waals surface area contributed by atoms with Gasteiger partial charge in [-0.1, -0.05) is 37.1 Å². The number of rotatable bonds is 0. The highest BCUT2D eigenvalue weighted by Crippen LogP contribution is 2.58. The third kappa shape index (κ3) is 1.15. The van der Waals surface area contributed by atoms with Crippen LogP contribution in [-0.2, 0) is 11.8 Å². The first-order valence-electron chi connectivity index (χ1n) is 7.27. The third-order valence-corrected chi connectivity index (χ3v) is 5.64. The standard InChI is InChI=1S/C16H20FN/c17-16-8-4-3-7-15(16)9-10-18-14(16)11-12-5-1-2-6-13(12)15/h1-2,5-6,14,18H,3-4,7-11H2/t14-,15+,16-/m1/s1. The van der Waals surface area contributed by atoms with Crippen molar-refractivity contribution in [2.75, 3.05) is 6.54 Å². The quantitative estimate of drug-likeness (QED) is 0.740. The van der Waals surface area contributed by atoms with E-state index < -0.39 is 5.67 Å². The monoisotopic (exact) mass is 245 g/mol. The molecule has 0 radical (unpaired) electrons. The predicted octanol–water partition coefficient (Wildman–Crippen LogP) is 3.12. The van der Waals surface area contributed by atoms with Gasteiger partial charge >= 0.3 is 0 Å². The second-order valence-corrected chi connectivity index (χ2v) is 6.27. The van der Waals surface area contributed by atoms with E-state index in [0.717, 1.165) is 38.6 Å². The number of nitrogens with one attached hydrogen (secondary N) is 1. The fourth-order valence-electron chi connectivity index (χ4n) is 4.83. The van der Waals surface area contributed by atoms with E-state index in [0.29, 0.717) is 0 Å². The number of alkyl halides is 1. The minimum Gasteiger partial charge on any atom is -0.311 e. The Morgan fingerprint density at radius 1 is 1.11 bits per heavy atom. The SMILES string of the molecule is F[C@@]12CCCC[C@@]13CCN[C@@H]2Cc1ccccc13.